The summed E-state index contributed by atoms with van der Waals surface area (Å²) in [5.41, 5.74) is 0. The van der Waals surface area contributed by atoms with E-state index in [9.17, 15) is 0 Å². The van der Waals surface area contributed by atoms with Crippen LogP contribution in [0.5, 0.6) is 0 Å². The number of aromatic nitrogens is 3. The van der Waals surface area contributed by atoms with Gasteiger partial charge in [0.05, 0.1) is 19.2 Å². The van der Waals surface area contributed by atoms with Crippen LogP contribution in [-0.4, -0.2) is 34.5 Å². The molecule has 0 aromatic carbocycles. The van der Waals surface area contributed by atoms with E-state index in [1.54, 1.807) is 0 Å². The normalized spacial score (nSPS) is 21.0. The van der Waals surface area contributed by atoms with Crippen LogP contribution in [-0.2, 0) is 11.3 Å². The fourth-order valence-electron chi connectivity index (χ4n) is 1.68. The summed E-state index contributed by atoms with van der Waals surface area (Å²) >= 11 is 0. The Balaban J connectivity index is 1.86. The van der Waals surface area contributed by atoms with Crippen molar-refractivity contribution in [3.05, 3.63) is 12.2 Å². The zero-order valence-electron chi connectivity index (χ0n) is 9.15. The monoisotopic (exact) mass is 210 g/mol. The highest BCUT2D eigenvalue weighted by atomic mass is 16.5. The zero-order chi connectivity index (χ0) is 10.5. The molecule has 0 spiro atoms. The number of nitrogens with one attached hydrogen (secondary N) is 1. The fourth-order valence-corrected chi connectivity index (χ4v) is 1.68. The Morgan fingerprint density at radius 3 is 3.33 bits per heavy atom. The van der Waals surface area contributed by atoms with E-state index in [4.69, 9.17) is 4.74 Å². The number of hydrogen-bond acceptors (Lipinski definition) is 4. The summed E-state index contributed by atoms with van der Waals surface area (Å²) in [6, 6.07) is 0.387. The molecule has 0 bridgehead atoms. The number of nitrogens with zero attached hydrogens (tertiary/aromatic N) is 3. The average molecular weight is 210 g/mol. The van der Waals surface area contributed by atoms with Crippen LogP contribution in [0.15, 0.2) is 6.33 Å². The zero-order valence-corrected chi connectivity index (χ0v) is 9.15. The smallest absolute Gasteiger partial charge is 0.164 e. The minimum absolute atomic E-state index is 0.387. The lowest BCUT2D eigenvalue weighted by atomic mass is 10.3. The van der Waals surface area contributed by atoms with Crippen LogP contribution < -0.4 is 5.32 Å². The standard InChI is InChI=1S/C10H18N4O/c1-2-4-11-6-10-12-8-14(13-10)9-3-5-15-7-9/h8-9,11H,2-7H2,1H3. The number of rotatable bonds is 5. The van der Waals surface area contributed by atoms with Crippen LogP contribution in [0.4, 0.5) is 0 Å². The molecule has 1 unspecified atom stereocenters. The lowest BCUT2D eigenvalue weighted by Crippen LogP contribution is -2.16. The number of ether oxygens (including phenoxy) is 1. The second-order valence-corrected chi connectivity index (χ2v) is 3.83. The van der Waals surface area contributed by atoms with Gasteiger partial charge < -0.3 is 10.1 Å². The van der Waals surface area contributed by atoms with E-state index in [0.29, 0.717) is 6.04 Å². The second kappa shape index (κ2) is 5.23. The molecule has 84 valence electrons. The van der Waals surface area contributed by atoms with Gasteiger partial charge in [0.1, 0.15) is 6.33 Å². The molecule has 1 aliphatic heterocycles. The molecule has 2 rings (SSSR count). The summed E-state index contributed by atoms with van der Waals surface area (Å²) in [4.78, 5) is 4.27. The van der Waals surface area contributed by atoms with Crippen LogP contribution in [0.3, 0.4) is 0 Å². The summed E-state index contributed by atoms with van der Waals surface area (Å²) in [7, 11) is 0. The van der Waals surface area contributed by atoms with Crippen LogP contribution in [0.25, 0.3) is 0 Å². The third-order valence-electron chi connectivity index (χ3n) is 2.55. The minimum Gasteiger partial charge on any atom is -0.379 e. The largest absolute Gasteiger partial charge is 0.379 e. The van der Waals surface area contributed by atoms with Gasteiger partial charge in [-0.3, -0.25) is 0 Å². The van der Waals surface area contributed by atoms with Gasteiger partial charge in [-0.15, -0.1) is 0 Å². The first-order valence-electron chi connectivity index (χ1n) is 5.58. The quantitative estimate of drug-likeness (QED) is 0.728. The van der Waals surface area contributed by atoms with E-state index in [-0.39, 0.29) is 0 Å². The van der Waals surface area contributed by atoms with Crippen molar-refractivity contribution < 1.29 is 4.74 Å². The lowest BCUT2D eigenvalue weighted by Gasteiger charge is -2.05. The van der Waals surface area contributed by atoms with Crippen LogP contribution in [0, 0.1) is 0 Å². The Hall–Kier alpha value is -0.940. The molecule has 0 aliphatic carbocycles. The van der Waals surface area contributed by atoms with Crippen LogP contribution >= 0.6 is 0 Å². The van der Waals surface area contributed by atoms with Gasteiger partial charge in [-0.2, -0.15) is 5.10 Å². The van der Waals surface area contributed by atoms with E-state index >= 15 is 0 Å². The van der Waals surface area contributed by atoms with Crippen LogP contribution in [0.1, 0.15) is 31.6 Å². The maximum Gasteiger partial charge on any atom is 0.164 e. The van der Waals surface area contributed by atoms with E-state index < -0.39 is 0 Å². The number of hydrogen-bond donors (Lipinski definition) is 1. The highest BCUT2D eigenvalue weighted by Gasteiger charge is 2.18. The predicted molar refractivity (Wildman–Crippen MR) is 56.5 cm³/mol. The highest BCUT2D eigenvalue weighted by Crippen LogP contribution is 2.16. The molecule has 1 fully saturated rings. The first-order valence-corrected chi connectivity index (χ1v) is 5.58. The third-order valence-corrected chi connectivity index (χ3v) is 2.55. The molecular formula is C10H18N4O. The molecule has 0 saturated carbocycles. The average Bonchev–Trinajstić information content (AvgIpc) is 2.87. The van der Waals surface area contributed by atoms with Gasteiger partial charge in [0.25, 0.3) is 0 Å². The van der Waals surface area contributed by atoms with Crippen molar-refractivity contribution in [3.63, 3.8) is 0 Å². The van der Waals surface area contributed by atoms with Gasteiger partial charge in [0.15, 0.2) is 5.82 Å². The van der Waals surface area contributed by atoms with Crippen molar-refractivity contribution in [3.8, 4) is 0 Å². The highest BCUT2D eigenvalue weighted by molar-refractivity contribution is 4.83. The molecule has 15 heavy (non-hydrogen) atoms. The molecule has 5 nitrogen and oxygen atoms in total. The van der Waals surface area contributed by atoms with Gasteiger partial charge in [-0.05, 0) is 19.4 Å². The van der Waals surface area contributed by atoms with E-state index in [0.717, 1.165) is 45.0 Å². The predicted octanol–water partition coefficient (Wildman–Crippen LogP) is 0.739. The van der Waals surface area contributed by atoms with Crippen LogP contribution in [0.2, 0.25) is 0 Å². The molecule has 5 heteroatoms. The van der Waals surface area contributed by atoms with Crippen molar-refractivity contribution >= 4 is 0 Å². The van der Waals surface area contributed by atoms with E-state index in [2.05, 4.69) is 22.3 Å². The SMILES string of the molecule is CCCNCc1ncn(C2CCOC2)n1. The maximum atomic E-state index is 5.32. The molecule has 0 radical (unpaired) electrons. The maximum absolute atomic E-state index is 5.32. The molecule has 1 aliphatic rings. The van der Waals surface area contributed by atoms with Crippen molar-refractivity contribution in [1.82, 2.24) is 20.1 Å². The summed E-state index contributed by atoms with van der Waals surface area (Å²) in [5.74, 6) is 0.871. The molecule has 1 N–H and O–H groups in total. The molecule has 1 aromatic heterocycles. The lowest BCUT2D eigenvalue weighted by molar-refractivity contribution is 0.184. The first kappa shape index (κ1) is 10.6. The Kier molecular flexibility index (Phi) is 3.69. The van der Waals surface area contributed by atoms with Crippen molar-refractivity contribution in [2.75, 3.05) is 19.8 Å². The van der Waals surface area contributed by atoms with Gasteiger partial charge in [0.2, 0.25) is 0 Å². The Bertz CT molecular complexity index is 293. The van der Waals surface area contributed by atoms with Crippen molar-refractivity contribution in [2.24, 2.45) is 0 Å². The summed E-state index contributed by atoms with van der Waals surface area (Å²) in [6.45, 7) is 5.53. The molecule has 1 atom stereocenters. The summed E-state index contributed by atoms with van der Waals surface area (Å²) in [6.07, 6.45) is 3.99. The van der Waals surface area contributed by atoms with E-state index in [1.165, 1.54) is 0 Å². The Morgan fingerprint density at radius 1 is 1.67 bits per heavy atom. The van der Waals surface area contributed by atoms with Crippen molar-refractivity contribution in [2.45, 2.75) is 32.4 Å². The molecule has 0 amide bonds. The minimum atomic E-state index is 0.387. The fraction of sp³-hybridized carbons (Fsp3) is 0.800. The second-order valence-electron chi connectivity index (χ2n) is 3.83. The first-order chi connectivity index (χ1) is 7.40. The molecule has 1 saturated heterocycles. The molecule has 2 heterocycles. The Morgan fingerprint density at radius 2 is 2.60 bits per heavy atom. The summed E-state index contributed by atoms with van der Waals surface area (Å²) < 4.78 is 7.24. The Labute approximate surface area is 89.8 Å². The topological polar surface area (TPSA) is 52.0 Å². The van der Waals surface area contributed by atoms with Gasteiger partial charge in [0, 0.05) is 6.61 Å². The van der Waals surface area contributed by atoms with Crippen molar-refractivity contribution in [1.29, 1.82) is 0 Å². The molecule has 1 aromatic rings. The van der Waals surface area contributed by atoms with Gasteiger partial charge in [-0.1, -0.05) is 6.92 Å². The third kappa shape index (κ3) is 2.76. The molecular weight excluding hydrogens is 192 g/mol. The van der Waals surface area contributed by atoms with Gasteiger partial charge in [-0.25, -0.2) is 9.67 Å². The van der Waals surface area contributed by atoms with E-state index in [1.807, 2.05) is 11.0 Å². The van der Waals surface area contributed by atoms with Gasteiger partial charge >= 0.3 is 0 Å². The summed E-state index contributed by atoms with van der Waals surface area (Å²) in [5, 5.41) is 7.71.